The molecule has 5 nitrogen and oxygen atoms in total. The molecule has 4 aromatic rings. The van der Waals surface area contributed by atoms with Gasteiger partial charge < -0.3 is 15.2 Å². The zero-order valence-electron chi connectivity index (χ0n) is 17.0. The van der Waals surface area contributed by atoms with Gasteiger partial charge in [0.15, 0.2) is 11.6 Å². The monoisotopic (exact) mass is 425 g/mol. The molecular formula is C23H22F3N5. The Bertz CT molecular complexity index is 1270. The molecule has 1 saturated heterocycles. The van der Waals surface area contributed by atoms with Gasteiger partial charge in [0.1, 0.15) is 6.17 Å². The summed E-state index contributed by atoms with van der Waals surface area (Å²) in [4.78, 5) is 11.0. The third kappa shape index (κ3) is 3.31. The lowest BCUT2D eigenvalue weighted by Crippen LogP contribution is -2.50. The van der Waals surface area contributed by atoms with E-state index in [0.717, 1.165) is 28.6 Å². The van der Waals surface area contributed by atoms with E-state index in [1.807, 2.05) is 46.7 Å². The number of benzene rings is 2. The molecule has 1 fully saturated rings. The quantitative estimate of drug-likeness (QED) is 0.530. The first-order valence-corrected chi connectivity index (χ1v) is 10.3. The van der Waals surface area contributed by atoms with Gasteiger partial charge in [-0.05, 0) is 19.4 Å². The summed E-state index contributed by atoms with van der Waals surface area (Å²) >= 11 is 0. The topological polar surface area (TPSA) is 60.0 Å². The van der Waals surface area contributed by atoms with Crippen molar-refractivity contribution in [3.63, 3.8) is 0 Å². The predicted octanol–water partition coefficient (Wildman–Crippen LogP) is 4.35. The Morgan fingerprint density at radius 2 is 1.90 bits per heavy atom. The fourth-order valence-electron chi connectivity index (χ4n) is 4.42. The van der Waals surface area contributed by atoms with Crippen LogP contribution in [0.1, 0.15) is 24.9 Å². The van der Waals surface area contributed by atoms with Crippen LogP contribution in [0.15, 0.2) is 48.7 Å². The van der Waals surface area contributed by atoms with Crippen LogP contribution in [0.25, 0.3) is 21.9 Å². The van der Waals surface area contributed by atoms with E-state index in [0.29, 0.717) is 23.5 Å². The summed E-state index contributed by atoms with van der Waals surface area (Å²) in [6.45, 7) is 2.66. The van der Waals surface area contributed by atoms with Gasteiger partial charge in [-0.1, -0.05) is 24.3 Å². The lowest BCUT2D eigenvalue weighted by atomic mass is 10.0. The van der Waals surface area contributed by atoms with E-state index < -0.39 is 23.8 Å². The summed E-state index contributed by atoms with van der Waals surface area (Å²) in [5.41, 5.74) is 8.53. The van der Waals surface area contributed by atoms with Gasteiger partial charge in [0.2, 0.25) is 5.95 Å². The zero-order valence-corrected chi connectivity index (χ0v) is 17.0. The number of aromatic nitrogens is 3. The first-order valence-electron chi connectivity index (χ1n) is 10.3. The largest absolute Gasteiger partial charge is 0.340 e. The molecule has 1 aliphatic heterocycles. The van der Waals surface area contributed by atoms with E-state index in [9.17, 15) is 13.2 Å². The number of nitrogens with zero attached hydrogens (tertiary/aromatic N) is 4. The van der Waals surface area contributed by atoms with Gasteiger partial charge >= 0.3 is 0 Å². The number of imidazole rings is 1. The molecule has 3 atom stereocenters. The Hall–Kier alpha value is -3.13. The number of anilines is 1. The molecule has 0 bridgehead atoms. The van der Waals surface area contributed by atoms with Crippen LogP contribution >= 0.6 is 0 Å². The summed E-state index contributed by atoms with van der Waals surface area (Å²) in [5.74, 6) is -1.38. The van der Waals surface area contributed by atoms with Crippen molar-refractivity contribution in [2.75, 3.05) is 18.0 Å². The van der Waals surface area contributed by atoms with E-state index in [1.165, 1.54) is 0 Å². The van der Waals surface area contributed by atoms with Crippen molar-refractivity contribution in [1.29, 1.82) is 0 Å². The molecule has 5 rings (SSSR count). The Kier molecular flexibility index (Phi) is 4.81. The van der Waals surface area contributed by atoms with Gasteiger partial charge in [0.05, 0.1) is 28.6 Å². The number of hydrogen-bond donors (Lipinski definition) is 1. The molecule has 0 saturated carbocycles. The van der Waals surface area contributed by atoms with E-state index in [1.54, 1.807) is 6.20 Å². The Balaban J connectivity index is 1.71. The number of rotatable bonds is 3. The molecule has 2 aromatic heterocycles. The zero-order chi connectivity index (χ0) is 21.7. The average Bonchev–Trinajstić information content (AvgIpc) is 3.13. The smallest absolute Gasteiger partial charge is 0.207 e. The number of pyridine rings is 1. The summed E-state index contributed by atoms with van der Waals surface area (Å²) in [6, 6.07) is 11.1. The summed E-state index contributed by atoms with van der Waals surface area (Å²) in [7, 11) is 0. The molecular weight excluding hydrogens is 403 g/mol. The second-order valence-corrected chi connectivity index (χ2v) is 8.05. The van der Waals surface area contributed by atoms with Crippen molar-refractivity contribution in [1.82, 2.24) is 14.5 Å². The summed E-state index contributed by atoms with van der Waals surface area (Å²) < 4.78 is 44.0. The fraction of sp³-hybridized carbons (Fsp3) is 0.304. The normalized spacial score (nSPS) is 20.5. The number of alkyl halides is 1. The number of piperidine rings is 1. The van der Waals surface area contributed by atoms with E-state index >= 15 is 0 Å². The van der Waals surface area contributed by atoms with Crippen molar-refractivity contribution in [3.8, 4) is 0 Å². The molecule has 160 valence electrons. The Morgan fingerprint density at radius 1 is 1.13 bits per heavy atom. The number of nitrogens with two attached hydrogens (primary N) is 1. The SMILES string of the molecule is CC(c1cccc2cccnc12)n1c(N2CC[C@@H](F)[C@H](N)C2)nc2cc(F)c(F)cc21. The van der Waals surface area contributed by atoms with Crippen molar-refractivity contribution < 1.29 is 13.2 Å². The number of hydrogen-bond acceptors (Lipinski definition) is 4. The minimum absolute atomic E-state index is 0.274. The van der Waals surface area contributed by atoms with Crippen molar-refractivity contribution in [2.24, 2.45) is 5.73 Å². The molecule has 8 heteroatoms. The first-order chi connectivity index (χ1) is 14.9. The minimum atomic E-state index is -1.08. The fourth-order valence-corrected chi connectivity index (χ4v) is 4.42. The molecule has 0 aliphatic carbocycles. The third-order valence-electron chi connectivity index (χ3n) is 6.07. The lowest BCUT2D eigenvalue weighted by molar-refractivity contribution is 0.243. The van der Waals surface area contributed by atoms with Crippen LogP contribution in [0.4, 0.5) is 19.1 Å². The molecule has 1 aliphatic rings. The van der Waals surface area contributed by atoms with Crippen LogP contribution in [0.5, 0.6) is 0 Å². The van der Waals surface area contributed by atoms with Crippen LogP contribution in [0.3, 0.4) is 0 Å². The molecule has 1 unspecified atom stereocenters. The van der Waals surface area contributed by atoms with Crippen LogP contribution in [-0.4, -0.2) is 39.8 Å². The van der Waals surface area contributed by atoms with Gasteiger partial charge in [0.25, 0.3) is 0 Å². The molecule has 0 spiro atoms. The maximum atomic E-state index is 14.2. The van der Waals surface area contributed by atoms with Gasteiger partial charge in [-0.15, -0.1) is 0 Å². The molecule has 3 heterocycles. The Morgan fingerprint density at radius 3 is 2.71 bits per heavy atom. The van der Waals surface area contributed by atoms with Gasteiger partial charge in [-0.2, -0.15) is 0 Å². The second-order valence-electron chi connectivity index (χ2n) is 8.05. The van der Waals surface area contributed by atoms with Crippen LogP contribution in [0.2, 0.25) is 0 Å². The second kappa shape index (κ2) is 7.53. The minimum Gasteiger partial charge on any atom is -0.340 e. The number of para-hydroxylation sites is 1. The molecule has 2 aromatic carbocycles. The highest BCUT2D eigenvalue weighted by Gasteiger charge is 2.31. The standard InChI is InChI=1S/C23H22F3N5/c1-13(15-6-2-4-14-5-3-8-28-22(14)15)31-21-11-18(26)17(25)10-20(21)29-23(31)30-9-7-16(24)19(27)12-30/h2-6,8,10-11,13,16,19H,7,9,12,27H2,1H3/t13?,16-,19-/m1/s1. The van der Waals surface area contributed by atoms with Gasteiger partial charge in [-0.3, -0.25) is 4.98 Å². The molecule has 0 amide bonds. The van der Waals surface area contributed by atoms with Crippen molar-refractivity contribution in [2.45, 2.75) is 31.6 Å². The number of halogens is 3. The van der Waals surface area contributed by atoms with Gasteiger partial charge in [0, 0.05) is 42.4 Å². The molecule has 31 heavy (non-hydrogen) atoms. The van der Waals surface area contributed by atoms with Crippen LogP contribution in [-0.2, 0) is 0 Å². The molecule has 0 radical (unpaired) electrons. The van der Waals surface area contributed by atoms with Crippen molar-refractivity contribution in [3.05, 3.63) is 65.9 Å². The highest BCUT2D eigenvalue weighted by molar-refractivity contribution is 5.84. The maximum absolute atomic E-state index is 14.2. The molecule has 2 N–H and O–H groups in total. The number of fused-ring (bicyclic) bond motifs is 2. The highest BCUT2D eigenvalue weighted by Crippen LogP contribution is 2.35. The first kappa shape index (κ1) is 19.8. The predicted molar refractivity (Wildman–Crippen MR) is 115 cm³/mol. The van der Waals surface area contributed by atoms with E-state index in [2.05, 4.69) is 9.97 Å². The van der Waals surface area contributed by atoms with Crippen molar-refractivity contribution >= 4 is 27.9 Å². The summed E-state index contributed by atoms with van der Waals surface area (Å²) in [5, 5.41) is 0.982. The third-order valence-corrected chi connectivity index (χ3v) is 6.07. The van der Waals surface area contributed by atoms with E-state index in [4.69, 9.17) is 5.73 Å². The van der Waals surface area contributed by atoms with Crippen LogP contribution < -0.4 is 10.6 Å². The highest BCUT2D eigenvalue weighted by atomic mass is 19.2. The Labute approximate surface area is 177 Å². The average molecular weight is 425 g/mol. The van der Waals surface area contributed by atoms with Crippen LogP contribution in [0, 0.1) is 11.6 Å². The van der Waals surface area contributed by atoms with Gasteiger partial charge in [-0.25, -0.2) is 18.2 Å². The maximum Gasteiger partial charge on any atom is 0.207 e. The summed E-state index contributed by atoms with van der Waals surface area (Å²) in [6.07, 6.45) is 0.923. The lowest BCUT2D eigenvalue weighted by Gasteiger charge is -2.35. The van der Waals surface area contributed by atoms with E-state index in [-0.39, 0.29) is 19.0 Å².